The molecule has 0 spiro atoms. The molecule has 2 aromatic carbocycles. The molecule has 0 aliphatic carbocycles. The lowest BCUT2D eigenvalue weighted by Gasteiger charge is -2.20. The quantitative estimate of drug-likeness (QED) is 0.384. The predicted octanol–water partition coefficient (Wildman–Crippen LogP) is 6.99. The first-order valence-corrected chi connectivity index (χ1v) is 12.2. The van der Waals surface area contributed by atoms with E-state index in [9.17, 15) is 14.5 Å². The zero-order valence-electron chi connectivity index (χ0n) is 17.5. The third kappa shape index (κ3) is 5.32. The van der Waals surface area contributed by atoms with Gasteiger partial charge in [-0.3, -0.25) is 4.57 Å². The van der Waals surface area contributed by atoms with Gasteiger partial charge in [-0.05, 0) is 49.2 Å². The van der Waals surface area contributed by atoms with Gasteiger partial charge in [0.25, 0.3) is 0 Å². The summed E-state index contributed by atoms with van der Waals surface area (Å²) in [5.74, 6) is -1.10. The Bertz CT molecular complexity index is 1080. The van der Waals surface area contributed by atoms with Crippen molar-refractivity contribution in [3.8, 4) is 10.4 Å². The molecule has 2 N–H and O–H groups in total. The molecule has 3 aromatic rings. The minimum absolute atomic E-state index is 0.0620. The topological polar surface area (TPSA) is 75.6 Å². The molecule has 0 saturated carbocycles. The number of hydrogen-bond donors (Lipinski definition) is 2. The Balaban J connectivity index is 0.00000155. The van der Waals surface area contributed by atoms with Crippen LogP contribution in [0.3, 0.4) is 0 Å². The van der Waals surface area contributed by atoms with Gasteiger partial charge in [-0.2, -0.15) is 0 Å². The first-order chi connectivity index (χ1) is 14.2. The van der Waals surface area contributed by atoms with E-state index in [-0.39, 0.29) is 10.6 Å². The highest BCUT2D eigenvalue weighted by molar-refractivity contribution is 7.68. The summed E-state index contributed by atoms with van der Waals surface area (Å²) in [6.45, 7) is 7.79. The summed E-state index contributed by atoms with van der Waals surface area (Å²) >= 11 is 7.03. The number of anilines is 1. The van der Waals surface area contributed by atoms with E-state index in [0.29, 0.717) is 10.3 Å². The number of aryl methyl sites for hydroxylation is 2. The molecular weight excluding hydrogens is 441 g/mol. The molecule has 0 bridgehead atoms. The van der Waals surface area contributed by atoms with Crippen LogP contribution in [-0.4, -0.2) is 18.2 Å². The Morgan fingerprint density at radius 1 is 1.10 bits per heavy atom. The predicted molar refractivity (Wildman–Crippen MR) is 127 cm³/mol. The lowest BCUT2D eigenvalue weighted by atomic mass is 10.2. The van der Waals surface area contributed by atoms with Crippen LogP contribution in [0.25, 0.3) is 10.4 Å². The molecule has 0 radical (unpaired) electrons. The summed E-state index contributed by atoms with van der Waals surface area (Å²) in [7, 11) is -2.17. The van der Waals surface area contributed by atoms with Gasteiger partial charge < -0.3 is 14.7 Å². The molecule has 8 heteroatoms. The monoisotopic (exact) mass is 465 g/mol. The molecule has 0 saturated heterocycles. The molecule has 0 fully saturated rings. The lowest BCUT2D eigenvalue weighted by Crippen LogP contribution is -2.17. The molecule has 1 heterocycles. The van der Waals surface area contributed by atoms with Gasteiger partial charge in [0.1, 0.15) is 4.88 Å². The van der Waals surface area contributed by atoms with Gasteiger partial charge in [0.2, 0.25) is 0 Å². The number of thiophene rings is 1. The van der Waals surface area contributed by atoms with Crippen LogP contribution in [-0.2, 0) is 9.09 Å². The summed E-state index contributed by atoms with van der Waals surface area (Å²) in [5, 5.41) is 13.6. The average molecular weight is 466 g/mol. The Morgan fingerprint density at radius 3 is 2.27 bits per heavy atom. The van der Waals surface area contributed by atoms with Crippen molar-refractivity contribution in [1.29, 1.82) is 0 Å². The minimum Gasteiger partial charge on any atom is -0.477 e. The molecule has 5 nitrogen and oxygen atoms in total. The van der Waals surface area contributed by atoms with E-state index in [0.717, 1.165) is 32.9 Å². The summed E-state index contributed by atoms with van der Waals surface area (Å²) < 4.78 is 18.9. The van der Waals surface area contributed by atoms with E-state index in [2.05, 4.69) is 5.09 Å². The maximum atomic E-state index is 13.5. The fourth-order valence-corrected chi connectivity index (χ4v) is 5.75. The second-order valence-electron chi connectivity index (χ2n) is 6.30. The number of carbonyl (C=O) groups is 1. The Labute approximate surface area is 186 Å². The Kier molecular flexibility index (Phi) is 8.27. The highest BCUT2D eigenvalue weighted by atomic mass is 35.5. The van der Waals surface area contributed by atoms with E-state index in [1.54, 1.807) is 24.3 Å². The van der Waals surface area contributed by atoms with Gasteiger partial charge in [-0.25, -0.2) is 4.79 Å². The molecule has 0 aliphatic rings. The maximum absolute atomic E-state index is 13.5. The molecule has 160 valence electrons. The number of carboxylic acid groups (broad SMARTS) is 1. The van der Waals surface area contributed by atoms with Gasteiger partial charge in [0, 0.05) is 17.0 Å². The van der Waals surface area contributed by atoms with Gasteiger partial charge in [-0.15, -0.1) is 11.3 Å². The van der Waals surface area contributed by atoms with Crippen molar-refractivity contribution in [1.82, 2.24) is 0 Å². The van der Waals surface area contributed by atoms with Crippen LogP contribution in [0.15, 0.2) is 48.5 Å². The van der Waals surface area contributed by atoms with Crippen LogP contribution in [0, 0.1) is 13.8 Å². The number of hydrogen-bond acceptors (Lipinski definition) is 4. The highest BCUT2D eigenvalue weighted by Crippen LogP contribution is 2.48. The standard InChI is InChI=1S/C20H19ClNO4PS.C2H6/c1-12-4-9-17(13(2)10-12)27(25,26-3)22-16-11-18(28-19(16)20(23)24)14-5-7-15(21)8-6-14;1-2/h4-11H,1-3H3,(H,22,25)(H,23,24);1-2H3. The average Bonchev–Trinajstić information content (AvgIpc) is 3.13. The highest BCUT2D eigenvalue weighted by Gasteiger charge is 2.29. The van der Waals surface area contributed by atoms with Gasteiger partial charge >= 0.3 is 13.5 Å². The molecule has 0 aliphatic heterocycles. The molecule has 1 aromatic heterocycles. The van der Waals surface area contributed by atoms with E-state index >= 15 is 0 Å². The van der Waals surface area contributed by atoms with Crippen molar-refractivity contribution in [2.24, 2.45) is 0 Å². The number of nitrogens with one attached hydrogen (secondary N) is 1. The summed E-state index contributed by atoms with van der Waals surface area (Å²) in [5.41, 5.74) is 2.93. The first-order valence-electron chi connectivity index (χ1n) is 9.38. The smallest absolute Gasteiger partial charge is 0.348 e. The number of carboxylic acids is 1. The van der Waals surface area contributed by atoms with Crippen LogP contribution in [0.2, 0.25) is 5.02 Å². The summed E-state index contributed by atoms with van der Waals surface area (Å²) in [6.07, 6.45) is 0. The largest absolute Gasteiger partial charge is 0.477 e. The van der Waals surface area contributed by atoms with Crippen molar-refractivity contribution in [3.63, 3.8) is 0 Å². The van der Waals surface area contributed by atoms with Crippen LogP contribution < -0.4 is 10.4 Å². The SMILES string of the molecule is CC.COP(=O)(Nc1cc(-c2ccc(Cl)cc2)sc1C(=O)O)c1ccc(C)cc1C. The molecule has 3 rings (SSSR count). The molecule has 1 unspecified atom stereocenters. The van der Waals surface area contributed by atoms with Crippen LogP contribution in [0.5, 0.6) is 0 Å². The summed E-state index contributed by atoms with van der Waals surface area (Å²) in [6, 6.07) is 14.3. The van der Waals surface area contributed by atoms with Crippen LogP contribution in [0.4, 0.5) is 5.69 Å². The first kappa shape index (κ1) is 24.2. The van der Waals surface area contributed by atoms with Crippen molar-refractivity contribution in [3.05, 3.63) is 69.6 Å². The van der Waals surface area contributed by atoms with Crippen molar-refractivity contribution >= 4 is 47.4 Å². The Hall–Kier alpha value is -2.11. The number of rotatable bonds is 6. The molecule has 30 heavy (non-hydrogen) atoms. The maximum Gasteiger partial charge on any atom is 0.348 e. The lowest BCUT2D eigenvalue weighted by molar-refractivity contribution is 0.0703. The van der Waals surface area contributed by atoms with E-state index in [1.807, 2.05) is 52.0 Å². The van der Waals surface area contributed by atoms with Gasteiger partial charge in [0.15, 0.2) is 0 Å². The number of halogens is 1. The fourth-order valence-electron chi connectivity index (χ4n) is 2.89. The van der Waals surface area contributed by atoms with Gasteiger partial charge in [-0.1, -0.05) is 55.3 Å². The zero-order valence-corrected chi connectivity index (χ0v) is 20.0. The van der Waals surface area contributed by atoms with Crippen LogP contribution in [0.1, 0.15) is 34.6 Å². The second-order valence-corrected chi connectivity index (χ2v) is 9.96. The zero-order chi connectivity index (χ0) is 22.5. The normalized spacial score (nSPS) is 12.5. The third-order valence-electron chi connectivity index (χ3n) is 4.25. The summed E-state index contributed by atoms with van der Waals surface area (Å²) in [4.78, 5) is 12.5. The van der Waals surface area contributed by atoms with E-state index < -0.39 is 13.5 Å². The number of benzene rings is 2. The van der Waals surface area contributed by atoms with Crippen molar-refractivity contribution in [2.75, 3.05) is 12.2 Å². The fraction of sp³-hybridized carbons (Fsp3) is 0.227. The van der Waals surface area contributed by atoms with Crippen LogP contribution >= 0.6 is 30.5 Å². The third-order valence-corrected chi connectivity index (χ3v) is 7.86. The number of aromatic carboxylic acids is 1. The molecular formula is C22H25ClNO4PS. The molecule has 0 amide bonds. The minimum atomic E-state index is -3.51. The van der Waals surface area contributed by atoms with Crippen molar-refractivity contribution < 1.29 is 19.0 Å². The van der Waals surface area contributed by atoms with Crippen molar-refractivity contribution in [2.45, 2.75) is 27.7 Å². The van der Waals surface area contributed by atoms with E-state index in [1.165, 1.54) is 7.11 Å². The second kappa shape index (κ2) is 10.3. The molecule has 1 atom stereocenters. The van der Waals surface area contributed by atoms with Gasteiger partial charge in [0.05, 0.1) is 11.0 Å². The van der Waals surface area contributed by atoms with E-state index in [4.69, 9.17) is 16.1 Å². The Morgan fingerprint density at radius 2 is 1.73 bits per heavy atom.